The summed E-state index contributed by atoms with van der Waals surface area (Å²) in [6.45, 7) is 11.4. The molecule has 0 amide bonds. The number of likely N-dealkylation sites (tertiary alicyclic amines) is 1. The molecule has 1 fully saturated rings. The van der Waals surface area contributed by atoms with Gasteiger partial charge >= 0.3 is 5.97 Å². The van der Waals surface area contributed by atoms with Crippen molar-refractivity contribution in [2.45, 2.75) is 72.3 Å². The van der Waals surface area contributed by atoms with Crippen molar-refractivity contribution in [3.05, 3.63) is 0 Å². The molecule has 0 aromatic heterocycles. The van der Waals surface area contributed by atoms with Gasteiger partial charge in [0.1, 0.15) is 0 Å². The molecule has 0 aromatic carbocycles. The molecular formula is C16H31NO2. The summed E-state index contributed by atoms with van der Waals surface area (Å²) in [5.74, 6) is -0.0407. The largest absolute Gasteiger partial charge is 0.466 e. The smallest absolute Gasteiger partial charge is 0.307 e. The van der Waals surface area contributed by atoms with Gasteiger partial charge in [0.2, 0.25) is 0 Å². The van der Waals surface area contributed by atoms with E-state index < -0.39 is 0 Å². The maximum Gasteiger partial charge on any atom is 0.307 e. The van der Waals surface area contributed by atoms with Crippen molar-refractivity contribution in [2.75, 3.05) is 19.7 Å². The molecule has 1 rings (SSSR count). The molecule has 0 aliphatic carbocycles. The van der Waals surface area contributed by atoms with E-state index >= 15 is 0 Å². The highest BCUT2D eigenvalue weighted by atomic mass is 16.5. The molecule has 0 spiro atoms. The van der Waals surface area contributed by atoms with Crippen molar-refractivity contribution in [3.63, 3.8) is 0 Å². The van der Waals surface area contributed by atoms with Crippen LogP contribution in [0.3, 0.4) is 0 Å². The second-order valence-corrected chi connectivity index (χ2v) is 6.88. The lowest BCUT2D eigenvalue weighted by Crippen LogP contribution is -2.40. The first-order chi connectivity index (χ1) is 8.92. The Morgan fingerprint density at radius 3 is 2.21 bits per heavy atom. The standard InChI is InChI=1S/C16H31NO2/c1-5-19-15(18)12-14(13-16(2,3)4)17-10-8-6-7-9-11-17/h14H,5-13H2,1-4H3. The van der Waals surface area contributed by atoms with Crippen LogP contribution in [0.2, 0.25) is 0 Å². The number of nitrogens with zero attached hydrogens (tertiary/aromatic N) is 1. The fourth-order valence-corrected chi connectivity index (χ4v) is 2.91. The van der Waals surface area contributed by atoms with Crippen molar-refractivity contribution in [3.8, 4) is 0 Å². The normalized spacial score (nSPS) is 19.8. The molecule has 3 nitrogen and oxygen atoms in total. The van der Waals surface area contributed by atoms with Gasteiger partial charge in [-0.05, 0) is 44.7 Å². The molecule has 1 heterocycles. The molecule has 0 radical (unpaired) electrons. The number of carbonyl (C=O) groups excluding carboxylic acids is 1. The third-order valence-corrected chi connectivity index (χ3v) is 3.71. The highest BCUT2D eigenvalue weighted by Gasteiger charge is 2.27. The summed E-state index contributed by atoms with van der Waals surface area (Å²) < 4.78 is 5.14. The molecule has 1 atom stereocenters. The van der Waals surface area contributed by atoms with E-state index in [-0.39, 0.29) is 11.4 Å². The van der Waals surface area contributed by atoms with E-state index in [2.05, 4.69) is 25.7 Å². The van der Waals surface area contributed by atoms with Crippen LogP contribution in [0.1, 0.15) is 66.2 Å². The predicted molar refractivity (Wildman–Crippen MR) is 79.2 cm³/mol. The van der Waals surface area contributed by atoms with Crippen molar-refractivity contribution in [1.29, 1.82) is 0 Å². The van der Waals surface area contributed by atoms with Crippen molar-refractivity contribution in [1.82, 2.24) is 4.90 Å². The quantitative estimate of drug-likeness (QED) is 0.714. The first-order valence-electron chi connectivity index (χ1n) is 7.82. The third-order valence-electron chi connectivity index (χ3n) is 3.71. The fourth-order valence-electron chi connectivity index (χ4n) is 2.91. The highest BCUT2D eigenvalue weighted by molar-refractivity contribution is 5.70. The lowest BCUT2D eigenvalue weighted by molar-refractivity contribution is -0.144. The maximum absolute atomic E-state index is 11.8. The minimum atomic E-state index is -0.0407. The van der Waals surface area contributed by atoms with Crippen LogP contribution in [0.4, 0.5) is 0 Å². The summed E-state index contributed by atoms with van der Waals surface area (Å²) in [7, 11) is 0. The molecule has 1 aliphatic rings. The Morgan fingerprint density at radius 2 is 1.74 bits per heavy atom. The van der Waals surface area contributed by atoms with E-state index in [1.165, 1.54) is 25.7 Å². The van der Waals surface area contributed by atoms with E-state index in [1.54, 1.807) is 0 Å². The molecule has 0 aromatic rings. The van der Waals surface area contributed by atoms with Crippen LogP contribution in [0.25, 0.3) is 0 Å². The zero-order valence-electron chi connectivity index (χ0n) is 13.2. The van der Waals surface area contributed by atoms with Crippen LogP contribution in [0.15, 0.2) is 0 Å². The molecule has 0 bridgehead atoms. The van der Waals surface area contributed by atoms with Gasteiger partial charge < -0.3 is 4.74 Å². The molecule has 1 unspecified atom stereocenters. The van der Waals surface area contributed by atoms with E-state index in [0.717, 1.165) is 19.5 Å². The van der Waals surface area contributed by atoms with E-state index in [9.17, 15) is 4.79 Å². The maximum atomic E-state index is 11.8. The number of esters is 1. The Kier molecular flexibility index (Phi) is 6.84. The van der Waals surface area contributed by atoms with Crippen LogP contribution in [-0.4, -0.2) is 36.6 Å². The predicted octanol–water partition coefficient (Wildman–Crippen LogP) is 3.62. The molecule has 0 saturated carbocycles. The van der Waals surface area contributed by atoms with E-state index in [4.69, 9.17) is 4.74 Å². The van der Waals surface area contributed by atoms with Gasteiger partial charge in [-0.15, -0.1) is 0 Å². The molecule has 3 heteroatoms. The average Bonchev–Trinajstić information content (AvgIpc) is 2.55. The number of rotatable bonds is 5. The minimum absolute atomic E-state index is 0.0407. The first kappa shape index (κ1) is 16.5. The molecule has 112 valence electrons. The van der Waals surface area contributed by atoms with Crippen molar-refractivity contribution < 1.29 is 9.53 Å². The van der Waals surface area contributed by atoms with Crippen LogP contribution in [-0.2, 0) is 9.53 Å². The lowest BCUT2D eigenvalue weighted by atomic mass is 9.86. The summed E-state index contributed by atoms with van der Waals surface area (Å²) >= 11 is 0. The fraction of sp³-hybridized carbons (Fsp3) is 0.938. The van der Waals surface area contributed by atoms with Crippen LogP contribution in [0.5, 0.6) is 0 Å². The number of hydrogen-bond donors (Lipinski definition) is 0. The summed E-state index contributed by atoms with van der Waals surface area (Å²) in [5.41, 5.74) is 0.253. The summed E-state index contributed by atoms with van der Waals surface area (Å²) in [4.78, 5) is 14.3. The Bertz CT molecular complexity index is 262. The Morgan fingerprint density at radius 1 is 1.16 bits per heavy atom. The van der Waals surface area contributed by atoms with Crippen molar-refractivity contribution >= 4 is 5.97 Å². The molecule has 0 N–H and O–H groups in total. The minimum Gasteiger partial charge on any atom is -0.466 e. The third kappa shape index (κ3) is 6.95. The van der Waals surface area contributed by atoms with Gasteiger partial charge in [0, 0.05) is 6.04 Å². The van der Waals surface area contributed by atoms with Gasteiger partial charge in [-0.2, -0.15) is 0 Å². The SMILES string of the molecule is CCOC(=O)CC(CC(C)(C)C)N1CCCCCC1. The van der Waals surface area contributed by atoms with Gasteiger partial charge in [0.05, 0.1) is 13.0 Å². The molecule has 19 heavy (non-hydrogen) atoms. The number of ether oxygens (including phenoxy) is 1. The second kappa shape index (κ2) is 7.88. The van der Waals surface area contributed by atoms with Gasteiger partial charge in [-0.1, -0.05) is 33.6 Å². The molecule has 1 aliphatic heterocycles. The van der Waals surface area contributed by atoms with Crippen LogP contribution >= 0.6 is 0 Å². The molecule has 1 saturated heterocycles. The number of carbonyl (C=O) groups is 1. The van der Waals surface area contributed by atoms with E-state index in [1.807, 2.05) is 6.92 Å². The summed E-state index contributed by atoms with van der Waals surface area (Å²) in [6.07, 6.45) is 6.81. The van der Waals surface area contributed by atoms with Crippen molar-refractivity contribution in [2.24, 2.45) is 5.41 Å². The van der Waals surface area contributed by atoms with Gasteiger partial charge in [-0.3, -0.25) is 9.69 Å². The van der Waals surface area contributed by atoms with Crippen LogP contribution in [0, 0.1) is 5.41 Å². The number of hydrogen-bond acceptors (Lipinski definition) is 3. The Labute approximate surface area is 118 Å². The Hall–Kier alpha value is -0.570. The summed E-state index contributed by atoms with van der Waals surface area (Å²) in [6, 6.07) is 0.345. The van der Waals surface area contributed by atoms with Gasteiger partial charge in [0.25, 0.3) is 0 Å². The second-order valence-electron chi connectivity index (χ2n) is 6.88. The van der Waals surface area contributed by atoms with E-state index in [0.29, 0.717) is 19.1 Å². The lowest BCUT2D eigenvalue weighted by Gasteiger charge is -2.34. The van der Waals surface area contributed by atoms with Gasteiger partial charge in [-0.25, -0.2) is 0 Å². The first-order valence-corrected chi connectivity index (χ1v) is 7.82. The Balaban J connectivity index is 2.63. The van der Waals surface area contributed by atoms with Gasteiger partial charge in [0.15, 0.2) is 0 Å². The molecular weight excluding hydrogens is 238 g/mol. The zero-order chi connectivity index (χ0) is 14.3. The van der Waals surface area contributed by atoms with Crippen LogP contribution < -0.4 is 0 Å². The average molecular weight is 269 g/mol. The highest BCUT2D eigenvalue weighted by Crippen LogP contribution is 2.27. The topological polar surface area (TPSA) is 29.5 Å². The summed E-state index contributed by atoms with van der Waals surface area (Å²) in [5, 5.41) is 0. The zero-order valence-corrected chi connectivity index (χ0v) is 13.2. The monoisotopic (exact) mass is 269 g/mol.